The van der Waals surface area contributed by atoms with Gasteiger partial charge in [0.25, 0.3) is 5.91 Å². The van der Waals surface area contributed by atoms with Gasteiger partial charge in [-0.1, -0.05) is 29.3 Å². The zero-order valence-electron chi connectivity index (χ0n) is 9.54. The molecule has 6 heteroatoms. The lowest BCUT2D eigenvalue weighted by molar-refractivity contribution is 0.0928. The van der Waals surface area contributed by atoms with Crippen molar-refractivity contribution in [2.24, 2.45) is 0 Å². The van der Waals surface area contributed by atoms with Crippen molar-refractivity contribution in [2.75, 3.05) is 6.54 Å². The second-order valence-electron chi connectivity index (χ2n) is 3.94. The fraction of sp³-hybridized carbons (Fsp3) is 0.250. The monoisotopic (exact) mass is 303 g/mol. The van der Waals surface area contributed by atoms with Crippen LogP contribution < -0.4 is 5.32 Å². The van der Waals surface area contributed by atoms with Crippen molar-refractivity contribution in [2.45, 2.75) is 13.0 Å². The van der Waals surface area contributed by atoms with Gasteiger partial charge in [-0.2, -0.15) is 0 Å². The first-order valence-corrected chi connectivity index (χ1v) is 6.90. The molecular formula is C12H11Cl2NO2S. The molecule has 0 radical (unpaired) electrons. The molecule has 0 bridgehead atoms. The number of hydrogen-bond donors (Lipinski definition) is 2. The molecule has 0 aliphatic heterocycles. The van der Waals surface area contributed by atoms with Gasteiger partial charge >= 0.3 is 0 Å². The van der Waals surface area contributed by atoms with E-state index in [9.17, 15) is 4.79 Å². The Morgan fingerprint density at radius 2 is 2.22 bits per heavy atom. The molecule has 1 aromatic heterocycles. The maximum Gasteiger partial charge on any atom is 0.263 e. The second kappa shape index (κ2) is 5.45. The van der Waals surface area contributed by atoms with Crippen LogP contribution in [0.5, 0.6) is 0 Å². The summed E-state index contributed by atoms with van der Waals surface area (Å²) >= 11 is 13.3. The van der Waals surface area contributed by atoms with E-state index in [-0.39, 0.29) is 12.5 Å². The summed E-state index contributed by atoms with van der Waals surface area (Å²) < 4.78 is 0.870. The molecular weight excluding hydrogens is 293 g/mol. The highest BCUT2D eigenvalue weighted by Gasteiger charge is 2.17. The third kappa shape index (κ3) is 2.78. The van der Waals surface area contributed by atoms with E-state index in [2.05, 4.69) is 5.32 Å². The lowest BCUT2D eigenvalue weighted by Gasteiger charge is -2.05. The summed E-state index contributed by atoms with van der Waals surface area (Å²) in [6.07, 6.45) is -0.587. The largest absolute Gasteiger partial charge is 0.392 e. The molecule has 0 aliphatic rings. The van der Waals surface area contributed by atoms with Gasteiger partial charge in [0.05, 0.1) is 11.1 Å². The van der Waals surface area contributed by atoms with Crippen LogP contribution in [0.15, 0.2) is 18.2 Å². The van der Waals surface area contributed by atoms with Crippen molar-refractivity contribution in [1.29, 1.82) is 0 Å². The van der Waals surface area contributed by atoms with Gasteiger partial charge in [0.2, 0.25) is 0 Å². The number of carbonyl (C=O) groups excluding carboxylic acids is 1. The van der Waals surface area contributed by atoms with Gasteiger partial charge in [-0.25, -0.2) is 0 Å². The second-order valence-corrected chi connectivity index (χ2v) is 5.81. The van der Waals surface area contributed by atoms with Crippen LogP contribution in [-0.4, -0.2) is 23.7 Å². The Kier molecular flexibility index (Phi) is 4.12. The summed E-state index contributed by atoms with van der Waals surface area (Å²) in [7, 11) is 0. The first kappa shape index (κ1) is 13.6. The zero-order chi connectivity index (χ0) is 13.3. The highest BCUT2D eigenvalue weighted by molar-refractivity contribution is 7.21. The van der Waals surface area contributed by atoms with Crippen LogP contribution in [0.4, 0.5) is 0 Å². The zero-order valence-corrected chi connectivity index (χ0v) is 11.9. The Labute approximate surface area is 118 Å². The average Bonchev–Trinajstić information content (AvgIpc) is 2.63. The van der Waals surface area contributed by atoms with Gasteiger partial charge in [0, 0.05) is 21.7 Å². The number of nitrogens with one attached hydrogen (secondary N) is 1. The number of benzene rings is 1. The van der Waals surface area contributed by atoms with Crippen LogP contribution in [0, 0.1) is 0 Å². The Morgan fingerprint density at radius 3 is 2.89 bits per heavy atom. The minimum Gasteiger partial charge on any atom is -0.392 e. The Morgan fingerprint density at radius 1 is 1.50 bits per heavy atom. The Hall–Kier alpha value is -0.810. The van der Waals surface area contributed by atoms with Crippen molar-refractivity contribution >= 4 is 50.5 Å². The van der Waals surface area contributed by atoms with E-state index in [0.717, 1.165) is 10.1 Å². The number of carbonyl (C=O) groups is 1. The molecule has 0 saturated carbocycles. The van der Waals surface area contributed by atoms with Gasteiger partial charge in [0.15, 0.2) is 0 Å². The summed E-state index contributed by atoms with van der Waals surface area (Å²) in [4.78, 5) is 12.3. The fourth-order valence-electron chi connectivity index (χ4n) is 1.51. The number of halogens is 2. The minimum absolute atomic E-state index is 0.199. The molecule has 96 valence electrons. The van der Waals surface area contributed by atoms with E-state index in [1.807, 2.05) is 0 Å². The van der Waals surface area contributed by atoms with Crippen molar-refractivity contribution in [3.63, 3.8) is 0 Å². The molecule has 2 aromatic rings. The topological polar surface area (TPSA) is 49.3 Å². The Balaban J connectivity index is 2.33. The lowest BCUT2D eigenvalue weighted by Crippen LogP contribution is -2.30. The van der Waals surface area contributed by atoms with E-state index >= 15 is 0 Å². The molecule has 18 heavy (non-hydrogen) atoms. The van der Waals surface area contributed by atoms with Gasteiger partial charge < -0.3 is 10.4 Å². The van der Waals surface area contributed by atoms with Crippen molar-refractivity contribution < 1.29 is 9.90 Å². The number of hydrogen-bond acceptors (Lipinski definition) is 3. The maximum absolute atomic E-state index is 11.9. The molecule has 2 N–H and O–H groups in total. The quantitative estimate of drug-likeness (QED) is 0.914. The standard InChI is InChI=1S/C12H11Cl2NO2S/c1-6(16)5-15-12(17)11-10(14)8-3-2-7(13)4-9(8)18-11/h2-4,6,16H,5H2,1H3,(H,15,17)/t6-/m1/s1. The van der Waals surface area contributed by atoms with Crippen LogP contribution in [0.2, 0.25) is 10.0 Å². The number of fused-ring (bicyclic) bond motifs is 1. The summed E-state index contributed by atoms with van der Waals surface area (Å²) in [5.41, 5.74) is 0. The molecule has 1 aromatic carbocycles. The minimum atomic E-state index is -0.587. The predicted molar refractivity (Wildman–Crippen MR) is 75.9 cm³/mol. The summed E-state index contributed by atoms with van der Waals surface area (Å²) in [5, 5.41) is 13.6. The highest BCUT2D eigenvalue weighted by atomic mass is 35.5. The van der Waals surface area contributed by atoms with Crippen molar-refractivity contribution in [3.8, 4) is 0 Å². The van der Waals surface area contributed by atoms with Crippen molar-refractivity contribution in [1.82, 2.24) is 5.32 Å². The van der Waals surface area contributed by atoms with Crippen LogP contribution in [-0.2, 0) is 0 Å². The molecule has 2 rings (SSSR count). The molecule has 1 amide bonds. The summed E-state index contributed by atoms with van der Waals surface area (Å²) in [5.74, 6) is -0.279. The van der Waals surface area contributed by atoms with Crippen molar-refractivity contribution in [3.05, 3.63) is 33.1 Å². The average molecular weight is 304 g/mol. The van der Waals surface area contributed by atoms with Crippen LogP contribution >= 0.6 is 34.5 Å². The summed E-state index contributed by atoms with van der Waals surface area (Å²) in [6.45, 7) is 1.80. The molecule has 1 heterocycles. The molecule has 0 aliphatic carbocycles. The molecule has 0 fully saturated rings. The smallest absolute Gasteiger partial charge is 0.263 e. The normalized spacial score (nSPS) is 12.7. The first-order chi connectivity index (χ1) is 8.49. The predicted octanol–water partition coefficient (Wildman–Crippen LogP) is 3.32. The molecule has 3 nitrogen and oxygen atoms in total. The van der Waals surface area contributed by atoms with Crippen LogP contribution in [0.3, 0.4) is 0 Å². The first-order valence-electron chi connectivity index (χ1n) is 5.33. The van der Waals surface area contributed by atoms with Crippen LogP contribution in [0.1, 0.15) is 16.6 Å². The lowest BCUT2D eigenvalue weighted by atomic mass is 10.2. The van der Waals surface area contributed by atoms with E-state index in [4.69, 9.17) is 28.3 Å². The molecule has 1 atom stereocenters. The third-order valence-electron chi connectivity index (χ3n) is 2.36. The summed E-state index contributed by atoms with van der Waals surface area (Å²) in [6, 6.07) is 5.31. The number of aliphatic hydroxyl groups is 1. The van der Waals surface area contributed by atoms with Gasteiger partial charge in [-0.05, 0) is 19.1 Å². The van der Waals surface area contributed by atoms with E-state index in [1.54, 1.807) is 25.1 Å². The molecule has 0 saturated heterocycles. The molecule has 0 spiro atoms. The highest BCUT2D eigenvalue weighted by Crippen LogP contribution is 2.36. The number of aliphatic hydroxyl groups excluding tert-OH is 1. The molecule has 0 unspecified atom stereocenters. The van der Waals surface area contributed by atoms with Gasteiger partial charge in [0.1, 0.15) is 4.88 Å². The number of thiophene rings is 1. The van der Waals surface area contributed by atoms with Gasteiger partial charge in [-0.15, -0.1) is 11.3 Å². The van der Waals surface area contributed by atoms with E-state index < -0.39 is 6.10 Å². The Bertz CT molecular complexity index is 595. The van der Waals surface area contributed by atoms with Gasteiger partial charge in [-0.3, -0.25) is 4.79 Å². The SMILES string of the molecule is C[C@@H](O)CNC(=O)c1sc2cc(Cl)ccc2c1Cl. The van der Waals surface area contributed by atoms with Crippen LogP contribution in [0.25, 0.3) is 10.1 Å². The van der Waals surface area contributed by atoms with E-state index in [0.29, 0.717) is 14.9 Å². The third-order valence-corrected chi connectivity index (χ3v) is 4.25. The van der Waals surface area contributed by atoms with E-state index in [1.165, 1.54) is 11.3 Å². The number of rotatable bonds is 3. The number of amides is 1. The fourth-order valence-corrected chi connectivity index (χ4v) is 3.22. The maximum atomic E-state index is 11.9.